The summed E-state index contributed by atoms with van der Waals surface area (Å²) in [7, 11) is -11.7. The maximum absolute atomic E-state index is 9.15. The highest BCUT2D eigenvalue weighted by Crippen LogP contribution is 2.32. The lowest BCUT2D eigenvalue weighted by atomic mass is 10.0. The van der Waals surface area contributed by atoms with Gasteiger partial charge in [0, 0.05) is 59.5 Å². The molecule has 0 fully saturated rings. The zero-order valence-corrected chi connectivity index (χ0v) is 44.9. The summed E-state index contributed by atoms with van der Waals surface area (Å²) in [6, 6.07) is 1.52. The van der Waals surface area contributed by atoms with Gasteiger partial charge in [-0.25, -0.2) is 0 Å². The van der Waals surface area contributed by atoms with E-state index in [-0.39, 0.29) is 6.61 Å². The Morgan fingerprint density at radius 1 is 0.345 bits per heavy atom. The Kier molecular flexibility index (Phi) is 35.4. The van der Waals surface area contributed by atoms with Crippen molar-refractivity contribution in [1.82, 2.24) is 0 Å². The monoisotopic (exact) mass is 917 g/mol. The van der Waals surface area contributed by atoms with Gasteiger partial charge in [0.2, 0.25) is 0 Å². The smallest absolute Gasteiger partial charge is 0.317 e. The zero-order chi connectivity index (χ0) is 43.7. The van der Waals surface area contributed by atoms with Crippen molar-refractivity contribution in [1.29, 1.82) is 0 Å². The van der Waals surface area contributed by atoms with Crippen LogP contribution >= 0.6 is 0 Å². The predicted molar refractivity (Wildman–Crippen MR) is 252 cm³/mol. The Morgan fingerprint density at radius 3 is 1.05 bits per heavy atom. The van der Waals surface area contributed by atoms with E-state index >= 15 is 0 Å². The van der Waals surface area contributed by atoms with Crippen LogP contribution in [0.15, 0.2) is 0 Å². The first-order chi connectivity index (χ1) is 27.3. The minimum absolute atomic E-state index is 0.103. The Balaban J connectivity index is 4.22. The van der Waals surface area contributed by atoms with E-state index in [1.54, 1.807) is 0 Å². The molecule has 2 unspecified atom stereocenters. The molecule has 0 amide bonds. The van der Waals surface area contributed by atoms with Gasteiger partial charge in [0.25, 0.3) is 0 Å². The van der Waals surface area contributed by atoms with Crippen molar-refractivity contribution >= 4 is 42.3 Å². The van der Waals surface area contributed by atoms with E-state index in [9.17, 15) is 0 Å². The third kappa shape index (κ3) is 40.7. The first-order valence-corrected chi connectivity index (χ1v) is 38.0. The molecule has 350 valence electrons. The van der Waals surface area contributed by atoms with E-state index in [2.05, 4.69) is 72.4 Å². The normalized spacial score (nSPS) is 15.0. The lowest BCUT2D eigenvalue weighted by molar-refractivity contribution is -0.0945. The topological polar surface area (TPSA) is 124 Å². The standard InChI is InChI=1S/C42H96O11Si5/c1-12-13-14-15-16-17-18-19-20-21-22-23-24-30-45-31-25-32-46-33-26-34-47-35-27-36-48-37-28-40-58(11,52-56(8,9)50-54(2,3)4)53-57(10,51-55(5,6)7)39-29-38-49-41-42(43)44/h42-44H,12-41H2,1-11H3. The van der Waals surface area contributed by atoms with Crippen molar-refractivity contribution in [2.24, 2.45) is 0 Å². The van der Waals surface area contributed by atoms with E-state index in [1.165, 1.54) is 83.5 Å². The highest BCUT2D eigenvalue weighted by molar-refractivity contribution is 6.90. The van der Waals surface area contributed by atoms with E-state index in [4.69, 9.17) is 50.4 Å². The van der Waals surface area contributed by atoms with Gasteiger partial charge in [-0.3, -0.25) is 0 Å². The molecular formula is C42H96O11Si5. The highest BCUT2D eigenvalue weighted by Gasteiger charge is 2.48. The molecule has 11 nitrogen and oxygen atoms in total. The molecule has 0 rings (SSSR count). The minimum Gasteiger partial charge on any atom is -0.437 e. The average Bonchev–Trinajstić information content (AvgIpc) is 3.08. The van der Waals surface area contributed by atoms with Gasteiger partial charge in [0.1, 0.15) is 0 Å². The summed E-state index contributed by atoms with van der Waals surface area (Å²) in [6.45, 7) is 30.1. The second-order valence-electron chi connectivity index (χ2n) is 18.8. The molecule has 16 heteroatoms. The molecule has 2 atom stereocenters. The van der Waals surface area contributed by atoms with Gasteiger partial charge in [-0.1, -0.05) is 84.0 Å². The largest absolute Gasteiger partial charge is 0.437 e. The molecule has 0 radical (unpaired) electrons. The minimum atomic E-state index is -2.76. The van der Waals surface area contributed by atoms with Crippen LogP contribution in [-0.2, 0) is 40.1 Å². The van der Waals surface area contributed by atoms with Crippen molar-refractivity contribution in [3.63, 3.8) is 0 Å². The van der Waals surface area contributed by atoms with Crippen LogP contribution in [0.1, 0.15) is 122 Å². The maximum Gasteiger partial charge on any atom is 0.317 e. The number of hydrogen-bond acceptors (Lipinski definition) is 11. The lowest BCUT2D eigenvalue weighted by Crippen LogP contribution is -2.60. The molecule has 0 spiro atoms. The van der Waals surface area contributed by atoms with Crippen molar-refractivity contribution < 1.29 is 50.4 Å². The molecule has 0 bridgehead atoms. The molecule has 0 saturated heterocycles. The van der Waals surface area contributed by atoms with E-state index < -0.39 is 48.6 Å². The molecule has 2 N–H and O–H groups in total. The second kappa shape index (κ2) is 35.0. The third-order valence-electron chi connectivity index (χ3n) is 9.20. The van der Waals surface area contributed by atoms with Crippen LogP contribution in [0.4, 0.5) is 0 Å². The van der Waals surface area contributed by atoms with Gasteiger partial charge < -0.3 is 50.4 Å². The Labute approximate surface area is 363 Å². The molecule has 0 heterocycles. The molecule has 0 aliphatic rings. The van der Waals surface area contributed by atoms with Gasteiger partial charge in [-0.05, 0) is 116 Å². The first-order valence-electron chi connectivity index (χ1n) is 23.4. The zero-order valence-electron chi connectivity index (χ0n) is 39.9. The van der Waals surface area contributed by atoms with E-state index in [1.807, 2.05) is 0 Å². The quantitative estimate of drug-likeness (QED) is 0.0345. The van der Waals surface area contributed by atoms with E-state index in [0.717, 1.165) is 64.2 Å². The number of unbranched alkanes of at least 4 members (excludes halogenated alkanes) is 12. The number of aliphatic hydroxyl groups excluding tert-OH is 1. The molecule has 0 aromatic rings. The summed E-state index contributed by atoms with van der Waals surface area (Å²) in [4.78, 5) is 0. The van der Waals surface area contributed by atoms with Crippen molar-refractivity contribution in [3.8, 4) is 0 Å². The Morgan fingerprint density at radius 2 is 0.672 bits per heavy atom. The number of aliphatic hydroxyl groups is 2. The fourth-order valence-electron chi connectivity index (χ4n) is 7.23. The van der Waals surface area contributed by atoms with Gasteiger partial charge in [0.15, 0.2) is 22.9 Å². The number of hydrogen-bond donors (Lipinski definition) is 2. The third-order valence-corrected chi connectivity index (χ3v) is 27.5. The van der Waals surface area contributed by atoms with Crippen molar-refractivity contribution in [3.05, 3.63) is 0 Å². The van der Waals surface area contributed by atoms with Crippen LogP contribution in [0.25, 0.3) is 0 Å². The average molecular weight is 918 g/mol. The van der Waals surface area contributed by atoms with Gasteiger partial charge >= 0.3 is 25.7 Å². The van der Waals surface area contributed by atoms with Gasteiger partial charge in [0.05, 0.1) is 6.61 Å². The van der Waals surface area contributed by atoms with Crippen molar-refractivity contribution in [2.45, 2.75) is 206 Å². The molecule has 0 aromatic heterocycles. The fraction of sp³-hybridized carbons (Fsp3) is 1.00. The molecular weight excluding hydrogens is 821 g/mol. The summed E-state index contributed by atoms with van der Waals surface area (Å²) in [6.07, 6.45) is 20.7. The summed E-state index contributed by atoms with van der Waals surface area (Å²) < 4.78 is 56.4. The Bertz CT molecular complexity index is 927. The molecule has 0 aliphatic heterocycles. The number of rotatable bonds is 44. The molecule has 0 aliphatic carbocycles. The summed E-state index contributed by atoms with van der Waals surface area (Å²) in [5, 5.41) is 18.3. The van der Waals surface area contributed by atoms with Gasteiger partial charge in [-0.15, -0.1) is 0 Å². The van der Waals surface area contributed by atoms with Crippen LogP contribution in [0, 0.1) is 0 Å². The SMILES string of the molecule is CCCCCCCCCCCCCCCOCCCOCCCOCCCOCCC[Si](C)(O[Si](C)(C)O[Si](C)(C)C)O[Si](C)(CCCOCC(O)O)O[Si](C)(C)C. The maximum atomic E-state index is 9.15. The number of ether oxygens (including phenoxy) is 5. The van der Waals surface area contributed by atoms with Crippen molar-refractivity contribution in [2.75, 3.05) is 66.1 Å². The van der Waals surface area contributed by atoms with Crippen LogP contribution in [0.3, 0.4) is 0 Å². The molecule has 0 saturated carbocycles. The highest BCUT2D eigenvalue weighted by atomic mass is 28.5. The van der Waals surface area contributed by atoms with Crippen LogP contribution in [0.2, 0.25) is 77.6 Å². The van der Waals surface area contributed by atoms with Crippen LogP contribution in [0.5, 0.6) is 0 Å². The molecule has 58 heavy (non-hydrogen) atoms. The Hall–Kier alpha value is 0.644. The van der Waals surface area contributed by atoms with Crippen LogP contribution in [-0.4, -0.2) is 125 Å². The van der Waals surface area contributed by atoms with E-state index in [0.29, 0.717) is 39.5 Å². The first kappa shape index (κ1) is 58.6. The lowest BCUT2D eigenvalue weighted by Gasteiger charge is -2.44. The van der Waals surface area contributed by atoms with Crippen LogP contribution < -0.4 is 0 Å². The summed E-state index contributed by atoms with van der Waals surface area (Å²) in [5.74, 6) is 0. The summed E-state index contributed by atoms with van der Waals surface area (Å²) in [5.41, 5.74) is 0. The molecule has 0 aromatic carbocycles. The van der Waals surface area contributed by atoms with Gasteiger partial charge in [-0.2, -0.15) is 0 Å². The fourth-order valence-corrected chi connectivity index (χ4v) is 31.0. The predicted octanol–water partition coefficient (Wildman–Crippen LogP) is 11.0. The second-order valence-corrected chi connectivity index (χ2v) is 38.9. The summed E-state index contributed by atoms with van der Waals surface area (Å²) >= 11 is 0.